The van der Waals surface area contributed by atoms with Crippen LogP contribution in [-0.4, -0.2) is 24.0 Å². The van der Waals surface area contributed by atoms with Crippen LogP contribution in [0.5, 0.6) is 0 Å². The SMILES string of the molecule is CC1CCN(c2ccc(CNC(=O)CCc3ccccc3N)cn2)CC1.Cl.Cl. The molecule has 0 radical (unpaired) electrons. The first-order valence-corrected chi connectivity index (χ1v) is 9.42. The highest BCUT2D eigenvalue weighted by molar-refractivity contribution is 5.85. The Labute approximate surface area is 179 Å². The van der Waals surface area contributed by atoms with E-state index < -0.39 is 0 Å². The summed E-state index contributed by atoms with van der Waals surface area (Å²) in [5.74, 6) is 1.88. The highest BCUT2D eigenvalue weighted by Crippen LogP contribution is 2.21. The third-order valence-electron chi connectivity index (χ3n) is 5.08. The van der Waals surface area contributed by atoms with Crippen LogP contribution in [0.2, 0.25) is 0 Å². The first-order chi connectivity index (χ1) is 12.6. The van der Waals surface area contributed by atoms with Gasteiger partial charge in [-0.15, -0.1) is 24.8 Å². The Hall–Kier alpha value is -1.98. The van der Waals surface area contributed by atoms with E-state index in [1.165, 1.54) is 12.8 Å². The van der Waals surface area contributed by atoms with Gasteiger partial charge in [0.15, 0.2) is 0 Å². The minimum atomic E-state index is 0. The number of carbonyl (C=O) groups excluding carboxylic acids is 1. The van der Waals surface area contributed by atoms with Gasteiger partial charge >= 0.3 is 0 Å². The Morgan fingerprint density at radius 2 is 1.89 bits per heavy atom. The van der Waals surface area contributed by atoms with Crippen LogP contribution in [0, 0.1) is 5.92 Å². The molecule has 1 amide bonds. The molecule has 1 aliphatic rings. The summed E-state index contributed by atoms with van der Waals surface area (Å²) < 4.78 is 0. The van der Waals surface area contributed by atoms with E-state index in [1.807, 2.05) is 30.5 Å². The van der Waals surface area contributed by atoms with Crippen molar-refractivity contribution >= 4 is 42.2 Å². The number of benzene rings is 1. The minimum Gasteiger partial charge on any atom is -0.399 e. The number of piperidine rings is 1. The number of halogens is 2. The predicted molar refractivity (Wildman–Crippen MR) is 120 cm³/mol. The van der Waals surface area contributed by atoms with Crippen LogP contribution in [-0.2, 0) is 17.8 Å². The number of hydrogen-bond acceptors (Lipinski definition) is 4. The van der Waals surface area contributed by atoms with Gasteiger partial charge in [-0.1, -0.05) is 31.2 Å². The number of amides is 1. The summed E-state index contributed by atoms with van der Waals surface area (Å²) in [5, 5.41) is 2.96. The van der Waals surface area contributed by atoms with Gasteiger partial charge in [-0.25, -0.2) is 4.98 Å². The third-order valence-corrected chi connectivity index (χ3v) is 5.08. The summed E-state index contributed by atoms with van der Waals surface area (Å²) in [5.41, 5.74) is 8.69. The quantitative estimate of drug-likeness (QED) is 0.687. The summed E-state index contributed by atoms with van der Waals surface area (Å²) in [6.45, 7) is 4.97. The van der Waals surface area contributed by atoms with Crippen LogP contribution >= 0.6 is 24.8 Å². The fourth-order valence-electron chi connectivity index (χ4n) is 3.25. The fraction of sp³-hybridized carbons (Fsp3) is 0.429. The van der Waals surface area contributed by atoms with Gasteiger partial charge in [-0.2, -0.15) is 0 Å². The maximum absolute atomic E-state index is 12.1. The molecular weight excluding hydrogens is 395 g/mol. The molecule has 1 aromatic heterocycles. The Balaban J connectivity index is 0.00000196. The molecular formula is C21H30Cl2N4O. The lowest BCUT2D eigenvalue weighted by molar-refractivity contribution is -0.121. The zero-order valence-corrected chi connectivity index (χ0v) is 17.9. The molecule has 0 aliphatic carbocycles. The second-order valence-electron chi connectivity index (χ2n) is 7.17. The maximum atomic E-state index is 12.1. The molecule has 0 saturated carbocycles. The van der Waals surface area contributed by atoms with Crippen LogP contribution in [0.1, 0.15) is 37.3 Å². The number of pyridine rings is 1. The third kappa shape index (κ3) is 6.88. The summed E-state index contributed by atoms with van der Waals surface area (Å²) in [6.07, 6.45) is 5.41. The average Bonchev–Trinajstić information content (AvgIpc) is 2.67. The molecule has 28 heavy (non-hydrogen) atoms. The van der Waals surface area contributed by atoms with Crippen molar-refractivity contribution in [1.29, 1.82) is 0 Å². The van der Waals surface area contributed by atoms with Crippen molar-refractivity contribution in [2.45, 2.75) is 39.2 Å². The van der Waals surface area contributed by atoms with E-state index in [1.54, 1.807) is 0 Å². The van der Waals surface area contributed by atoms with Crippen molar-refractivity contribution in [2.75, 3.05) is 23.7 Å². The van der Waals surface area contributed by atoms with E-state index in [2.05, 4.69) is 34.3 Å². The lowest BCUT2D eigenvalue weighted by Crippen LogP contribution is -2.33. The number of hydrogen-bond donors (Lipinski definition) is 2. The number of aromatic nitrogens is 1. The normalized spacial score (nSPS) is 14.0. The van der Waals surface area contributed by atoms with E-state index in [-0.39, 0.29) is 30.7 Å². The molecule has 0 unspecified atom stereocenters. The Kier molecular flexibility index (Phi) is 10.1. The molecule has 154 valence electrons. The predicted octanol–water partition coefficient (Wildman–Crippen LogP) is 3.99. The molecule has 1 aromatic carbocycles. The molecule has 1 fully saturated rings. The molecule has 1 saturated heterocycles. The molecule has 0 spiro atoms. The number of anilines is 2. The zero-order chi connectivity index (χ0) is 18.4. The first kappa shape index (κ1) is 24.1. The van der Waals surface area contributed by atoms with Gasteiger partial charge in [0.1, 0.15) is 5.82 Å². The van der Waals surface area contributed by atoms with E-state index >= 15 is 0 Å². The lowest BCUT2D eigenvalue weighted by Gasteiger charge is -2.31. The molecule has 7 heteroatoms. The molecule has 3 rings (SSSR count). The van der Waals surface area contributed by atoms with Crippen molar-refractivity contribution < 1.29 is 4.79 Å². The van der Waals surface area contributed by atoms with Crippen molar-refractivity contribution in [2.24, 2.45) is 5.92 Å². The molecule has 0 atom stereocenters. The van der Waals surface area contributed by atoms with Gasteiger partial charge < -0.3 is 16.0 Å². The maximum Gasteiger partial charge on any atom is 0.220 e. The standard InChI is InChI=1S/C21H28N4O.2ClH/c1-16-10-12-25(13-11-16)20-8-6-17(14-23-20)15-24-21(26)9-7-18-4-2-3-5-19(18)22;;/h2-6,8,14,16H,7,9-13,15,22H2,1H3,(H,24,26);2*1H. The second kappa shape index (κ2) is 11.8. The van der Waals surface area contributed by atoms with Gasteiger partial charge in [-0.05, 0) is 48.4 Å². The van der Waals surface area contributed by atoms with Crippen molar-refractivity contribution in [1.82, 2.24) is 10.3 Å². The van der Waals surface area contributed by atoms with Gasteiger partial charge in [0.25, 0.3) is 0 Å². The molecule has 2 heterocycles. The van der Waals surface area contributed by atoms with E-state index in [0.29, 0.717) is 19.4 Å². The molecule has 3 N–H and O–H groups in total. The second-order valence-corrected chi connectivity index (χ2v) is 7.17. The fourth-order valence-corrected chi connectivity index (χ4v) is 3.25. The van der Waals surface area contributed by atoms with Crippen molar-refractivity contribution in [3.63, 3.8) is 0 Å². The van der Waals surface area contributed by atoms with Gasteiger partial charge in [0, 0.05) is 37.9 Å². The molecule has 5 nitrogen and oxygen atoms in total. The van der Waals surface area contributed by atoms with E-state index in [9.17, 15) is 4.79 Å². The van der Waals surface area contributed by atoms with Gasteiger partial charge in [0.2, 0.25) is 5.91 Å². The smallest absolute Gasteiger partial charge is 0.220 e. The zero-order valence-electron chi connectivity index (χ0n) is 16.3. The summed E-state index contributed by atoms with van der Waals surface area (Å²) in [7, 11) is 0. The number of nitrogens with two attached hydrogens (primary N) is 1. The van der Waals surface area contributed by atoms with Crippen molar-refractivity contribution in [3.05, 3.63) is 53.7 Å². The number of rotatable bonds is 6. The summed E-state index contributed by atoms with van der Waals surface area (Å²) >= 11 is 0. The highest BCUT2D eigenvalue weighted by Gasteiger charge is 2.16. The van der Waals surface area contributed by atoms with Crippen LogP contribution in [0.15, 0.2) is 42.6 Å². The topological polar surface area (TPSA) is 71.2 Å². The van der Waals surface area contributed by atoms with Gasteiger partial charge in [-0.3, -0.25) is 4.79 Å². The largest absolute Gasteiger partial charge is 0.399 e. The Bertz CT molecular complexity index is 731. The van der Waals surface area contributed by atoms with Crippen LogP contribution in [0.25, 0.3) is 0 Å². The van der Waals surface area contributed by atoms with Crippen molar-refractivity contribution in [3.8, 4) is 0 Å². The van der Waals surface area contributed by atoms with Gasteiger partial charge in [0.05, 0.1) is 0 Å². The monoisotopic (exact) mass is 424 g/mol. The number of para-hydroxylation sites is 1. The Morgan fingerprint density at radius 1 is 1.18 bits per heavy atom. The number of nitrogen functional groups attached to an aromatic ring is 1. The highest BCUT2D eigenvalue weighted by atomic mass is 35.5. The number of nitrogens with zero attached hydrogens (tertiary/aromatic N) is 2. The average molecular weight is 425 g/mol. The minimum absolute atomic E-state index is 0. The molecule has 0 bridgehead atoms. The summed E-state index contributed by atoms with van der Waals surface area (Å²) in [4.78, 5) is 19.0. The summed E-state index contributed by atoms with van der Waals surface area (Å²) in [6, 6.07) is 11.8. The van der Waals surface area contributed by atoms with Crippen LogP contribution in [0.3, 0.4) is 0 Å². The van der Waals surface area contributed by atoms with Crippen LogP contribution < -0.4 is 16.0 Å². The number of nitrogens with one attached hydrogen (secondary N) is 1. The van der Waals surface area contributed by atoms with E-state index in [4.69, 9.17) is 5.73 Å². The van der Waals surface area contributed by atoms with E-state index in [0.717, 1.165) is 41.6 Å². The lowest BCUT2D eigenvalue weighted by atomic mass is 9.99. The van der Waals surface area contributed by atoms with Crippen LogP contribution in [0.4, 0.5) is 11.5 Å². The molecule has 1 aliphatic heterocycles. The Morgan fingerprint density at radius 3 is 2.54 bits per heavy atom. The first-order valence-electron chi connectivity index (χ1n) is 9.42. The number of aryl methyl sites for hydroxylation is 1. The number of carbonyl (C=O) groups is 1. The molecule has 2 aromatic rings.